The second kappa shape index (κ2) is 7.49. The maximum absolute atomic E-state index is 12.8. The number of piperidine rings is 1. The molecule has 0 bridgehead atoms. The Balaban J connectivity index is 1.73. The maximum atomic E-state index is 12.8. The van der Waals surface area contributed by atoms with Gasteiger partial charge in [-0.2, -0.15) is 0 Å². The van der Waals surface area contributed by atoms with Gasteiger partial charge >= 0.3 is 6.03 Å². The van der Waals surface area contributed by atoms with Gasteiger partial charge in [-0.25, -0.2) is 9.78 Å². The number of urea groups is 1. The Labute approximate surface area is 144 Å². The zero-order valence-corrected chi connectivity index (χ0v) is 14.5. The molecule has 1 atom stereocenters. The minimum atomic E-state index is -0.135. The number of nitrogens with one attached hydrogen (secondary N) is 2. The van der Waals surface area contributed by atoms with Crippen LogP contribution < -0.4 is 10.6 Å². The monoisotopic (exact) mass is 356 g/mol. The maximum Gasteiger partial charge on any atom is 0.324 e. The molecule has 3 rings (SSSR count). The fourth-order valence-electron chi connectivity index (χ4n) is 3.41. The topological polar surface area (TPSA) is 74.3 Å². The molecule has 1 aliphatic carbocycles. The van der Waals surface area contributed by atoms with Crippen LogP contribution in [0.25, 0.3) is 0 Å². The summed E-state index contributed by atoms with van der Waals surface area (Å²) < 4.78 is 0.550. The Hall–Kier alpha value is -1.34. The van der Waals surface area contributed by atoms with E-state index in [1.165, 1.54) is 24.0 Å². The van der Waals surface area contributed by atoms with Gasteiger partial charge in [-0.3, -0.25) is 10.1 Å². The van der Waals surface area contributed by atoms with Gasteiger partial charge in [0, 0.05) is 19.0 Å². The van der Waals surface area contributed by atoms with Crippen molar-refractivity contribution in [3.8, 4) is 0 Å². The molecular formula is C15H21ClN4O2S. The number of thiazole rings is 1. The summed E-state index contributed by atoms with van der Waals surface area (Å²) in [4.78, 5) is 30.3. The van der Waals surface area contributed by atoms with Gasteiger partial charge in [0.1, 0.15) is 4.34 Å². The summed E-state index contributed by atoms with van der Waals surface area (Å²) in [7, 11) is 0. The lowest BCUT2D eigenvalue weighted by molar-refractivity contribution is -0.123. The summed E-state index contributed by atoms with van der Waals surface area (Å²) in [6.45, 7) is 0.529. The molecule has 6 nitrogen and oxygen atoms in total. The van der Waals surface area contributed by atoms with Crippen LogP contribution in [-0.2, 0) is 4.79 Å². The van der Waals surface area contributed by atoms with Gasteiger partial charge in [-0.05, 0) is 19.3 Å². The largest absolute Gasteiger partial charge is 0.354 e. The van der Waals surface area contributed by atoms with Crippen molar-refractivity contribution in [2.24, 2.45) is 0 Å². The van der Waals surface area contributed by atoms with Gasteiger partial charge < -0.3 is 10.2 Å². The number of amides is 3. The van der Waals surface area contributed by atoms with E-state index in [0.717, 1.165) is 25.7 Å². The van der Waals surface area contributed by atoms with Gasteiger partial charge in [0.25, 0.3) is 0 Å². The Bertz CT molecular complexity index is 564. The first-order valence-electron chi connectivity index (χ1n) is 8.11. The number of anilines is 1. The molecule has 0 spiro atoms. The molecule has 3 amide bonds. The summed E-state index contributed by atoms with van der Waals surface area (Å²) in [6.07, 6.45) is 8.31. The van der Waals surface area contributed by atoms with E-state index < -0.39 is 0 Å². The SMILES string of the molecule is O=C1CCC(N(C(=O)Nc2ncc(Cl)s2)C2CCCCC2)CN1. The lowest BCUT2D eigenvalue weighted by atomic mass is 9.92. The first-order chi connectivity index (χ1) is 11.1. The van der Waals surface area contributed by atoms with Crippen molar-refractivity contribution in [1.82, 2.24) is 15.2 Å². The van der Waals surface area contributed by atoms with Crippen LogP contribution in [0, 0.1) is 0 Å². The van der Waals surface area contributed by atoms with Crippen molar-refractivity contribution < 1.29 is 9.59 Å². The van der Waals surface area contributed by atoms with E-state index in [9.17, 15) is 9.59 Å². The molecule has 0 aromatic carbocycles. The highest BCUT2D eigenvalue weighted by molar-refractivity contribution is 7.19. The van der Waals surface area contributed by atoms with Crippen molar-refractivity contribution >= 4 is 40.0 Å². The van der Waals surface area contributed by atoms with E-state index >= 15 is 0 Å². The fraction of sp³-hybridized carbons (Fsp3) is 0.667. The van der Waals surface area contributed by atoms with E-state index in [-0.39, 0.29) is 24.0 Å². The highest BCUT2D eigenvalue weighted by Gasteiger charge is 2.34. The predicted octanol–water partition coefficient (Wildman–Crippen LogP) is 3.24. The third-order valence-corrected chi connectivity index (χ3v) is 5.56. The van der Waals surface area contributed by atoms with Crippen LogP contribution in [0.2, 0.25) is 4.34 Å². The molecule has 0 radical (unpaired) electrons. The number of carbonyl (C=O) groups is 2. The van der Waals surface area contributed by atoms with E-state index in [0.29, 0.717) is 28.9 Å². The molecule has 126 valence electrons. The smallest absolute Gasteiger partial charge is 0.324 e. The first-order valence-corrected chi connectivity index (χ1v) is 9.30. The normalized spacial score (nSPS) is 22.5. The molecule has 1 aromatic rings. The lowest BCUT2D eigenvalue weighted by Crippen LogP contribution is -2.55. The molecule has 1 aromatic heterocycles. The van der Waals surface area contributed by atoms with Gasteiger partial charge in [-0.1, -0.05) is 42.2 Å². The van der Waals surface area contributed by atoms with Crippen LogP contribution in [0.4, 0.5) is 9.93 Å². The Kier molecular flexibility index (Phi) is 5.38. The molecule has 1 aliphatic heterocycles. The zero-order chi connectivity index (χ0) is 16.2. The number of aromatic nitrogens is 1. The molecule has 2 heterocycles. The quantitative estimate of drug-likeness (QED) is 0.873. The molecule has 1 unspecified atom stereocenters. The van der Waals surface area contributed by atoms with E-state index in [2.05, 4.69) is 15.6 Å². The minimum absolute atomic E-state index is 0.0474. The van der Waals surface area contributed by atoms with Crippen molar-refractivity contribution in [3.05, 3.63) is 10.5 Å². The number of nitrogens with zero attached hydrogens (tertiary/aromatic N) is 2. The lowest BCUT2D eigenvalue weighted by Gasteiger charge is -2.41. The summed E-state index contributed by atoms with van der Waals surface area (Å²) in [6, 6.07) is 0.148. The van der Waals surface area contributed by atoms with E-state index in [1.54, 1.807) is 0 Å². The van der Waals surface area contributed by atoms with E-state index in [4.69, 9.17) is 11.6 Å². The third kappa shape index (κ3) is 4.14. The molecular weight excluding hydrogens is 336 g/mol. The summed E-state index contributed by atoms with van der Waals surface area (Å²) in [5, 5.41) is 6.26. The average molecular weight is 357 g/mol. The molecule has 2 N–H and O–H groups in total. The number of hydrogen-bond acceptors (Lipinski definition) is 4. The summed E-state index contributed by atoms with van der Waals surface area (Å²) in [5.74, 6) is 0.0666. The Morgan fingerprint density at radius 3 is 2.70 bits per heavy atom. The van der Waals surface area contributed by atoms with Crippen LogP contribution in [0.1, 0.15) is 44.9 Å². The predicted molar refractivity (Wildman–Crippen MR) is 90.9 cm³/mol. The minimum Gasteiger partial charge on any atom is -0.354 e. The van der Waals surface area contributed by atoms with Crippen molar-refractivity contribution in [2.45, 2.75) is 57.0 Å². The third-order valence-electron chi connectivity index (χ3n) is 4.53. The van der Waals surface area contributed by atoms with Gasteiger partial charge in [0.15, 0.2) is 5.13 Å². The second-order valence-corrected chi connectivity index (χ2v) is 7.76. The van der Waals surface area contributed by atoms with Crippen LogP contribution in [0.15, 0.2) is 6.20 Å². The summed E-state index contributed by atoms with van der Waals surface area (Å²) >= 11 is 7.13. The second-order valence-electron chi connectivity index (χ2n) is 6.10. The number of halogens is 1. The molecule has 23 heavy (non-hydrogen) atoms. The van der Waals surface area contributed by atoms with Gasteiger partial charge in [0.05, 0.1) is 12.2 Å². The highest BCUT2D eigenvalue weighted by atomic mass is 35.5. The summed E-state index contributed by atoms with van der Waals surface area (Å²) in [5.41, 5.74) is 0. The molecule has 1 saturated heterocycles. The average Bonchev–Trinajstić information content (AvgIpc) is 2.95. The van der Waals surface area contributed by atoms with Crippen LogP contribution in [0.5, 0.6) is 0 Å². The van der Waals surface area contributed by atoms with Crippen LogP contribution >= 0.6 is 22.9 Å². The van der Waals surface area contributed by atoms with Crippen molar-refractivity contribution in [1.29, 1.82) is 0 Å². The number of hydrogen-bond donors (Lipinski definition) is 2. The highest BCUT2D eigenvalue weighted by Crippen LogP contribution is 2.28. The Morgan fingerprint density at radius 1 is 1.30 bits per heavy atom. The zero-order valence-electron chi connectivity index (χ0n) is 12.9. The first kappa shape index (κ1) is 16.5. The molecule has 1 saturated carbocycles. The van der Waals surface area contributed by atoms with Crippen molar-refractivity contribution in [3.63, 3.8) is 0 Å². The Morgan fingerprint density at radius 2 is 2.09 bits per heavy atom. The van der Waals surface area contributed by atoms with Gasteiger partial charge in [-0.15, -0.1) is 0 Å². The van der Waals surface area contributed by atoms with Crippen LogP contribution in [0.3, 0.4) is 0 Å². The number of carbonyl (C=O) groups excluding carboxylic acids is 2. The standard InChI is InChI=1S/C15H21ClN4O2S/c16-12-9-18-14(23-12)19-15(22)20(10-4-2-1-3-5-10)11-6-7-13(21)17-8-11/h9-11H,1-8H2,(H,17,21)(H,18,19,22). The molecule has 2 fully saturated rings. The van der Waals surface area contributed by atoms with Crippen molar-refractivity contribution in [2.75, 3.05) is 11.9 Å². The molecule has 8 heteroatoms. The molecule has 2 aliphatic rings. The van der Waals surface area contributed by atoms with E-state index in [1.807, 2.05) is 4.90 Å². The fourth-order valence-corrected chi connectivity index (χ4v) is 4.22. The van der Waals surface area contributed by atoms with Crippen LogP contribution in [-0.4, -0.2) is 40.5 Å². The number of rotatable bonds is 3. The van der Waals surface area contributed by atoms with Gasteiger partial charge in [0.2, 0.25) is 5.91 Å².